The number of oxime groups is 1. The molecular formula is C21H26N2O6. The summed E-state index contributed by atoms with van der Waals surface area (Å²) in [6, 6.07) is 18.7. The van der Waals surface area contributed by atoms with Gasteiger partial charge in [-0.05, 0) is 50.7 Å². The molecule has 0 saturated carbocycles. The largest absolute Gasteiger partial charge is 0.488 e. The molecule has 29 heavy (non-hydrogen) atoms. The Morgan fingerprint density at radius 2 is 1.41 bits per heavy atom. The first-order chi connectivity index (χ1) is 14.0. The van der Waals surface area contributed by atoms with Crippen molar-refractivity contribution < 1.29 is 28.8 Å². The molecule has 0 bridgehead atoms. The van der Waals surface area contributed by atoms with E-state index in [4.69, 9.17) is 24.0 Å². The van der Waals surface area contributed by atoms with E-state index in [9.17, 15) is 4.79 Å². The van der Waals surface area contributed by atoms with Crippen LogP contribution in [0.15, 0.2) is 65.8 Å². The number of hydrogen-bond acceptors (Lipinski definition) is 8. The van der Waals surface area contributed by atoms with Crippen molar-refractivity contribution in [3.8, 4) is 11.5 Å². The van der Waals surface area contributed by atoms with Crippen LogP contribution in [0.25, 0.3) is 0 Å². The Morgan fingerprint density at radius 3 is 1.97 bits per heavy atom. The van der Waals surface area contributed by atoms with Gasteiger partial charge in [-0.15, -0.1) is 0 Å². The Balaban J connectivity index is 1.59. The van der Waals surface area contributed by atoms with Crippen LogP contribution in [0.4, 0.5) is 0 Å². The van der Waals surface area contributed by atoms with Crippen molar-refractivity contribution >= 4 is 11.7 Å². The molecule has 156 valence electrons. The van der Waals surface area contributed by atoms with Crippen molar-refractivity contribution in [2.75, 3.05) is 13.2 Å². The summed E-state index contributed by atoms with van der Waals surface area (Å²) >= 11 is 0. The van der Waals surface area contributed by atoms with Crippen LogP contribution in [0.5, 0.6) is 11.5 Å². The first-order valence-corrected chi connectivity index (χ1v) is 9.22. The molecule has 0 aliphatic heterocycles. The van der Waals surface area contributed by atoms with Crippen molar-refractivity contribution in [1.82, 2.24) is 5.64 Å². The van der Waals surface area contributed by atoms with E-state index in [0.29, 0.717) is 0 Å². The number of carbonyl (C=O) groups excluding carboxylic acids is 1. The van der Waals surface area contributed by atoms with Gasteiger partial charge in [0, 0.05) is 0 Å². The van der Waals surface area contributed by atoms with Gasteiger partial charge in [-0.3, -0.25) is 4.84 Å². The maximum atomic E-state index is 11.8. The van der Waals surface area contributed by atoms with E-state index >= 15 is 0 Å². The number of ether oxygens (including phenoxy) is 2. The summed E-state index contributed by atoms with van der Waals surface area (Å²) in [6.07, 6.45) is -0.481. The number of carbonyl (C=O) groups is 1. The predicted molar refractivity (Wildman–Crippen MR) is 107 cm³/mol. The molecule has 1 N–H and O–H groups in total. The van der Waals surface area contributed by atoms with Crippen LogP contribution in [0, 0.1) is 0 Å². The summed E-state index contributed by atoms with van der Waals surface area (Å²) in [4.78, 5) is 26.8. The number of para-hydroxylation sites is 2. The van der Waals surface area contributed by atoms with E-state index in [1.807, 2.05) is 74.5 Å². The summed E-state index contributed by atoms with van der Waals surface area (Å²) in [7, 11) is 0. The molecule has 0 aliphatic rings. The Labute approximate surface area is 170 Å². The maximum absolute atomic E-state index is 11.8. The van der Waals surface area contributed by atoms with Crippen molar-refractivity contribution in [3.05, 3.63) is 60.7 Å². The van der Waals surface area contributed by atoms with Gasteiger partial charge in [0.1, 0.15) is 30.3 Å². The lowest BCUT2D eigenvalue weighted by atomic mass is 10.3. The average molecular weight is 402 g/mol. The highest BCUT2D eigenvalue weighted by Crippen LogP contribution is 2.11. The molecular weight excluding hydrogens is 376 g/mol. The quantitative estimate of drug-likeness (QED) is 0.331. The summed E-state index contributed by atoms with van der Waals surface area (Å²) in [5.41, 5.74) is 2.15. The van der Waals surface area contributed by atoms with Crippen LogP contribution in [-0.4, -0.2) is 37.1 Å². The van der Waals surface area contributed by atoms with Gasteiger partial charge in [-0.25, -0.2) is 4.79 Å². The molecule has 8 heteroatoms. The van der Waals surface area contributed by atoms with Crippen molar-refractivity contribution in [1.29, 1.82) is 0 Å². The zero-order valence-corrected chi connectivity index (χ0v) is 16.7. The monoisotopic (exact) mass is 402 g/mol. The van der Waals surface area contributed by atoms with Gasteiger partial charge in [0.25, 0.3) is 0 Å². The number of nitrogens with one attached hydrogen (secondary N) is 1. The lowest BCUT2D eigenvalue weighted by molar-refractivity contribution is -0.189. The molecule has 2 atom stereocenters. The Bertz CT molecular complexity index is 754. The highest BCUT2D eigenvalue weighted by atomic mass is 16.9. The fourth-order valence-electron chi connectivity index (χ4n) is 2.10. The van der Waals surface area contributed by atoms with Crippen LogP contribution in [-0.2, 0) is 19.3 Å². The lowest BCUT2D eigenvalue weighted by Crippen LogP contribution is -2.29. The molecule has 0 fully saturated rings. The van der Waals surface area contributed by atoms with E-state index in [0.717, 1.165) is 11.5 Å². The first-order valence-electron chi connectivity index (χ1n) is 9.22. The second-order valence-corrected chi connectivity index (χ2v) is 6.24. The van der Waals surface area contributed by atoms with Crippen LogP contribution < -0.4 is 15.1 Å². The Morgan fingerprint density at radius 1 is 0.897 bits per heavy atom. The number of nitrogens with zero attached hydrogens (tertiary/aromatic N) is 1. The normalized spacial score (nSPS) is 13.3. The second kappa shape index (κ2) is 12.4. The molecule has 2 aromatic carbocycles. The third-order valence-corrected chi connectivity index (χ3v) is 3.48. The molecule has 0 aromatic heterocycles. The Kier molecular flexibility index (Phi) is 9.47. The van der Waals surface area contributed by atoms with Gasteiger partial charge in [-0.1, -0.05) is 41.6 Å². The van der Waals surface area contributed by atoms with Gasteiger partial charge in [0.05, 0.1) is 0 Å². The highest BCUT2D eigenvalue weighted by Gasteiger charge is 2.11. The molecule has 2 rings (SSSR count). The molecule has 0 radical (unpaired) electrons. The number of rotatable bonds is 12. The van der Waals surface area contributed by atoms with Crippen molar-refractivity contribution in [3.63, 3.8) is 0 Å². The summed E-state index contributed by atoms with van der Waals surface area (Å²) in [5, 5.41) is 3.72. The molecule has 2 unspecified atom stereocenters. The minimum Gasteiger partial charge on any atom is -0.488 e. The lowest BCUT2D eigenvalue weighted by Gasteiger charge is -2.14. The summed E-state index contributed by atoms with van der Waals surface area (Å²) < 4.78 is 11.3. The molecule has 0 aliphatic carbocycles. The van der Waals surface area contributed by atoms with E-state index in [-0.39, 0.29) is 31.1 Å². The fraction of sp³-hybridized carbons (Fsp3) is 0.333. The maximum Gasteiger partial charge on any atom is 0.376 e. The molecule has 0 saturated heterocycles. The van der Waals surface area contributed by atoms with Gasteiger partial charge >= 0.3 is 5.97 Å². The van der Waals surface area contributed by atoms with E-state index in [1.165, 1.54) is 6.92 Å². The number of hydrogen-bond donors (Lipinski definition) is 1. The zero-order chi connectivity index (χ0) is 20.9. The van der Waals surface area contributed by atoms with Gasteiger partial charge < -0.3 is 19.1 Å². The minimum atomic E-state index is -0.724. The van der Waals surface area contributed by atoms with Crippen LogP contribution in [0.2, 0.25) is 0 Å². The van der Waals surface area contributed by atoms with E-state index < -0.39 is 5.97 Å². The third kappa shape index (κ3) is 9.09. The van der Waals surface area contributed by atoms with E-state index in [1.54, 1.807) is 0 Å². The Hall–Kier alpha value is -3.10. The van der Waals surface area contributed by atoms with Crippen LogP contribution in [0.3, 0.4) is 0 Å². The van der Waals surface area contributed by atoms with E-state index in [2.05, 4.69) is 10.8 Å². The zero-order valence-electron chi connectivity index (χ0n) is 16.7. The van der Waals surface area contributed by atoms with Gasteiger partial charge in [-0.2, -0.15) is 0 Å². The summed E-state index contributed by atoms with van der Waals surface area (Å²) in [6.45, 7) is 5.48. The van der Waals surface area contributed by atoms with Crippen LogP contribution >= 0.6 is 0 Å². The molecule has 0 amide bonds. The SMILES string of the molecule is CC(=NOCC(C)Oc1ccccc1)C(=O)ONOCC(C)Oc1ccccc1. The minimum absolute atomic E-state index is 0.0293. The standard InChI is InChI=1S/C21H26N2O6/c1-16(27-19-10-6-4-7-11-19)14-25-22-18(3)21(24)29-23-26-15-17(2)28-20-12-8-5-9-13-20/h4-13,16-17,23H,14-15H2,1-3H3. The highest BCUT2D eigenvalue weighted by molar-refractivity contribution is 6.35. The van der Waals surface area contributed by atoms with Crippen LogP contribution in [0.1, 0.15) is 20.8 Å². The average Bonchev–Trinajstić information content (AvgIpc) is 2.72. The number of benzene rings is 2. The van der Waals surface area contributed by atoms with Crippen molar-refractivity contribution in [2.24, 2.45) is 5.16 Å². The predicted octanol–water partition coefficient (Wildman–Crippen LogP) is 3.29. The molecule has 2 aromatic rings. The molecule has 8 nitrogen and oxygen atoms in total. The summed E-state index contributed by atoms with van der Waals surface area (Å²) in [5.74, 6) is 0.736. The van der Waals surface area contributed by atoms with Gasteiger partial charge in [0.15, 0.2) is 12.3 Å². The third-order valence-electron chi connectivity index (χ3n) is 3.48. The molecule has 0 heterocycles. The second-order valence-electron chi connectivity index (χ2n) is 6.24. The first kappa shape index (κ1) is 22.2. The van der Waals surface area contributed by atoms with Crippen molar-refractivity contribution in [2.45, 2.75) is 33.0 Å². The topological polar surface area (TPSA) is 87.6 Å². The van der Waals surface area contributed by atoms with Gasteiger partial charge in [0.2, 0.25) is 0 Å². The molecule has 0 spiro atoms. The fourth-order valence-corrected chi connectivity index (χ4v) is 2.10. The smallest absolute Gasteiger partial charge is 0.376 e.